The molecule has 1 saturated heterocycles. The van der Waals surface area contributed by atoms with Crippen molar-refractivity contribution in [2.75, 3.05) is 11.4 Å². The van der Waals surface area contributed by atoms with E-state index in [0.717, 1.165) is 15.5 Å². The summed E-state index contributed by atoms with van der Waals surface area (Å²) in [7, 11) is 1.35. The van der Waals surface area contributed by atoms with Crippen molar-refractivity contribution in [3.05, 3.63) is 28.5 Å². The molecule has 1 aliphatic rings. The molecule has 1 atom stereocenters. The normalized spacial score (nSPS) is 18.3. The minimum absolute atomic E-state index is 0.0360. The summed E-state index contributed by atoms with van der Waals surface area (Å²) in [5, 5.41) is 8.82. The van der Waals surface area contributed by atoms with Crippen molar-refractivity contribution in [2.24, 2.45) is 7.05 Å². The van der Waals surface area contributed by atoms with Crippen LogP contribution in [-0.2, 0) is 16.6 Å². The molecule has 1 aromatic heterocycles. The first-order valence-corrected chi connectivity index (χ1v) is 5.88. The first-order chi connectivity index (χ1) is 9.88. The van der Waals surface area contributed by atoms with Crippen molar-refractivity contribution in [3.63, 3.8) is 0 Å². The van der Waals surface area contributed by atoms with Crippen molar-refractivity contribution in [2.45, 2.75) is 6.10 Å². The molecule has 8 nitrogen and oxygen atoms in total. The molecule has 2 aromatic rings. The van der Waals surface area contributed by atoms with Gasteiger partial charge in [-0.15, -0.1) is 0 Å². The van der Waals surface area contributed by atoms with E-state index in [9.17, 15) is 18.8 Å². The molecule has 0 bridgehead atoms. The number of fused-ring (bicyclic) bond motifs is 1. The Morgan fingerprint density at radius 1 is 1.43 bits per heavy atom. The third-order valence-corrected chi connectivity index (χ3v) is 3.22. The Kier molecular flexibility index (Phi) is 2.71. The Hall–Kier alpha value is -2.84. The predicted molar refractivity (Wildman–Crippen MR) is 66.7 cm³/mol. The van der Waals surface area contributed by atoms with Crippen molar-refractivity contribution >= 4 is 28.8 Å². The summed E-state index contributed by atoms with van der Waals surface area (Å²) >= 11 is 0. The average molecular weight is 296 g/mol. The van der Waals surface area contributed by atoms with Crippen molar-refractivity contribution < 1.29 is 28.2 Å². The van der Waals surface area contributed by atoms with Crippen LogP contribution in [0.1, 0.15) is 0 Å². The standard InChI is InChI=1S/C12H9FN2O6/c1-14-9-6(13)2-5(3-7(9)20-11(14)18)15-4-8(10(16)17)21-12(15)19/h2-3,8H,4H2,1H3,(H,16,17). The second-order valence-corrected chi connectivity index (χ2v) is 4.52. The number of hydrogen-bond acceptors (Lipinski definition) is 5. The molecule has 0 saturated carbocycles. The minimum Gasteiger partial charge on any atom is -0.478 e. The van der Waals surface area contributed by atoms with Gasteiger partial charge in [0.25, 0.3) is 0 Å². The summed E-state index contributed by atoms with van der Waals surface area (Å²) in [5.41, 5.74) is -0.0155. The fourth-order valence-corrected chi connectivity index (χ4v) is 2.18. The topological polar surface area (TPSA) is 102 Å². The van der Waals surface area contributed by atoms with E-state index in [1.807, 2.05) is 0 Å². The highest BCUT2D eigenvalue weighted by Gasteiger charge is 2.37. The molecule has 0 aliphatic carbocycles. The number of aliphatic carboxylic acids is 1. The number of carboxylic acids is 1. The lowest BCUT2D eigenvalue weighted by Gasteiger charge is -2.12. The molecule has 1 aliphatic heterocycles. The number of carbonyl (C=O) groups excluding carboxylic acids is 1. The van der Waals surface area contributed by atoms with Crippen LogP contribution >= 0.6 is 0 Å². The number of aryl methyl sites for hydroxylation is 1. The monoisotopic (exact) mass is 296 g/mol. The molecule has 1 N–H and O–H groups in total. The number of anilines is 1. The highest BCUT2D eigenvalue weighted by atomic mass is 19.1. The lowest BCUT2D eigenvalue weighted by molar-refractivity contribution is -0.144. The Labute approximate surface area is 115 Å². The molecule has 9 heteroatoms. The molecule has 21 heavy (non-hydrogen) atoms. The largest absolute Gasteiger partial charge is 0.478 e. The fourth-order valence-electron chi connectivity index (χ4n) is 2.18. The maximum atomic E-state index is 14.0. The lowest BCUT2D eigenvalue weighted by Crippen LogP contribution is -2.27. The summed E-state index contributed by atoms with van der Waals surface area (Å²) in [4.78, 5) is 34.8. The maximum absolute atomic E-state index is 14.0. The van der Waals surface area contributed by atoms with Gasteiger partial charge in [0, 0.05) is 19.2 Å². The van der Waals surface area contributed by atoms with Crippen molar-refractivity contribution in [1.29, 1.82) is 0 Å². The first kappa shape index (κ1) is 13.2. The van der Waals surface area contributed by atoms with Gasteiger partial charge < -0.3 is 14.3 Å². The summed E-state index contributed by atoms with van der Waals surface area (Å²) < 4.78 is 24.5. The van der Waals surface area contributed by atoms with Crippen molar-refractivity contribution in [3.8, 4) is 0 Å². The molecule has 1 unspecified atom stereocenters. The highest BCUT2D eigenvalue weighted by molar-refractivity contribution is 5.95. The van der Waals surface area contributed by atoms with Crippen LogP contribution in [-0.4, -0.2) is 34.4 Å². The Bertz CT molecular complexity index is 823. The summed E-state index contributed by atoms with van der Waals surface area (Å²) in [6, 6.07) is 2.30. The van der Waals surface area contributed by atoms with E-state index < -0.39 is 29.7 Å². The number of rotatable bonds is 2. The molecule has 3 rings (SSSR count). The van der Waals surface area contributed by atoms with E-state index in [0.29, 0.717) is 0 Å². The smallest absolute Gasteiger partial charge is 0.419 e. The third kappa shape index (κ3) is 1.93. The molecule has 0 radical (unpaired) electrons. The molecular formula is C12H9FN2O6. The van der Waals surface area contributed by atoms with Gasteiger partial charge in [0.2, 0.25) is 6.10 Å². The van der Waals surface area contributed by atoms with E-state index in [1.165, 1.54) is 13.1 Å². The van der Waals surface area contributed by atoms with Gasteiger partial charge in [0.1, 0.15) is 5.52 Å². The zero-order valence-corrected chi connectivity index (χ0v) is 10.7. The molecule has 2 heterocycles. The van der Waals surface area contributed by atoms with Gasteiger partial charge in [-0.25, -0.2) is 18.8 Å². The summed E-state index contributed by atoms with van der Waals surface area (Å²) in [6.45, 7) is -0.254. The second-order valence-electron chi connectivity index (χ2n) is 4.52. The number of carbonyl (C=O) groups is 2. The number of ether oxygens (including phenoxy) is 1. The summed E-state index contributed by atoms with van der Waals surface area (Å²) in [5.74, 6) is -2.80. The second kappa shape index (κ2) is 4.33. The van der Waals surface area contributed by atoms with Crippen molar-refractivity contribution in [1.82, 2.24) is 4.57 Å². The number of oxazole rings is 1. The predicted octanol–water partition coefficient (Wildman–Crippen LogP) is 0.680. The van der Waals surface area contributed by atoms with Crippen LogP contribution in [0.25, 0.3) is 11.1 Å². The van der Waals surface area contributed by atoms with E-state index in [1.54, 1.807) is 0 Å². The maximum Gasteiger partial charge on any atom is 0.419 e. The zero-order valence-electron chi connectivity index (χ0n) is 10.7. The average Bonchev–Trinajstić information content (AvgIpc) is 2.91. The molecule has 1 fully saturated rings. The van der Waals surface area contributed by atoms with Crippen LogP contribution in [0.3, 0.4) is 0 Å². The van der Waals surface area contributed by atoms with Gasteiger partial charge in [-0.3, -0.25) is 9.47 Å². The molecule has 110 valence electrons. The van der Waals surface area contributed by atoms with Gasteiger partial charge in [0.15, 0.2) is 11.4 Å². The SMILES string of the molecule is Cn1c(=O)oc2cc(N3CC(C(=O)O)OC3=O)cc(F)c21. The van der Waals surface area contributed by atoms with Gasteiger partial charge >= 0.3 is 17.8 Å². The van der Waals surface area contributed by atoms with E-state index in [4.69, 9.17) is 9.52 Å². The molecular weight excluding hydrogens is 287 g/mol. The Balaban J connectivity index is 2.08. The molecule has 1 aromatic carbocycles. The van der Waals surface area contributed by atoms with Gasteiger partial charge in [0.05, 0.1) is 12.2 Å². The van der Waals surface area contributed by atoms with Crippen LogP contribution in [0, 0.1) is 5.82 Å². The molecule has 1 amide bonds. The van der Waals surface area contributed by atoms with E-state index >= 15 is 0 Å². The number of aromatic nitrogens is 1. The van der Waals surface area contributed by atoms with E-state index in [2.05, 4.69) is 4.74 Å². The summed E-state index contributed by atoms with van der Waals surface area (Å²) in [6.07, 6.45) is -2.22. The van der Waals surface area contributed by atoms with Gasteiger partial charge in [-0.1, -0.05) is 0 Å². The van der Waals surface area contributed by atoms with Crippen LogP contribution in [0.2, 0.25) is 0 Å². The Morgan fingerprint density at radius 3 is 2.76 bits per heavy atom. The molecule has 0 spiro atoms. The number of nitrogens with zero attached hydrogens (tertiary/aromatic N) is 2. The van der Waals surface area contributed by atoms with E-state index in [-0.39, 0.29) is 23.3 Å². The number of amides is 1. The zero-order chi connectivity index (χ0) is 15.3. The van der Waals surface area contributed by atoms with Crippen LogP contribution in [0.15, 0.2) is 21.3 Å². The number of cyclic esters (lactones) is 1. The fraction of sp³-hybridized carbons (Fsp3) is 0.250. The van der Waals surface area contributed by atoms with Crippen LogP contribution < -0.4 is 10.7 Å². The minimum atomic E-state index is -1.32. The number of hydrogen-bond donors (Lipinski definition) is 1. The van der Waals surface area contributed by atoms with Gasteiger partial charge in [-0.2, -0.15) is 0 Å². The number of halogens is 1. The quantitative estimate of drug-likeness (QED) is 0.874. The first-order valence-electron chi connectivity index (χ1n) is 5.88. The lowest BCUT2D eigenvalue weighted by atomic mass is 10.2. The Morgan fingerprint density at radius 2 is 2.14 bits per heavy atom. The third-order valence-electron chi connectivity index (χ3n) is 3.22. The highest BCUT2D eigenvalue weighted by Crippen LogP contribution is 2.27. The van der Waals surface area contributed by atoms with Gasteiger partial charge in [-0.05, 0) is 0 Å². The van der Waals surface area contributed by atoms with Crippen LogP contribution in [0.4, 0.5) is 14.9 Å². The number of carboxylic acid groups (broad SMARTS) is 1. The van der Waals surface area contributed by atoms with Crippen LogP contribution in [0.5, 0.6) is 0 Å². The number of benzene rings is 1.